The van der Waals surface area contributed by atoms with Gasteiger partial charge in [-0.15, -0.1) is 24.0 Å². The van der Waals surface area contributed by atoms with E-state index in [4.69, 9.17) is 4.74 Å². The van der Waals surface area contributed by atoms with Crippen molar-refractivity contribution in [2.75, 3.05) is 46.4 Å². The molecule has 6 nitrogen and oxygen atoms in total. The maximum Gasteiger partial charge on any atom is 0.251 e. The smallest absolute Gasteiger partial charge is 0.251 e. The van der Waals surface area contributed by atoms with Gasteiger partial charge in [-0.1, -0.05) is 6.42 Å². The van der Waals surface area contributed by atoms with Crippen LogP contribution in [-0.4, -0.2) is 74.1 Å². The molecule has 0 radical (unpaired) electrons. The topological polar surface area (TPSA) is 57.2 Å². The van der Waals surface area contributed by atoms with E-state index in [0.717, 1.165) is 75.9 Å². The number of amides is 1. The van der Waals surface area contributed by atoms with Gasteiger partial charge in [0.25, 0.3) is 5.91 Å². The minimum absolute atomic E-state index is 0. The number of halogens is 1. The summed E-state index contributed by atoms with van der Waals surface area (Å²) in [6.07, 6.45) is 8.85. The van der Waals surface area contributed by atoms with E-state index in [1.54, 1.807) is 0 Å². The average Bonchev–Trinajstić information content (AvgIpc) is 3.43. The van der Waals surface area contributed by atoms with Crippen LogP contribution in [0.5, 0.6) is 0 Å². The lowest BCUT2D eigenvalue weighted by molar-refractivity contribution is -0.142. The van der Waals surface area contributed by atoms with Crippen LogP contribution in [0.4, 0.5) is 0 Å². The van der Waals surface area contributed by atoms with Crippen molar-refractivity contribution < 1.29 is 9.53 Å². The summed E-state index contributed by atoms with van der Waals surface area (Å²) in [4.78, 5) is 21.2. The quantitative estimate of drug-likeness (QED) is 0.374. The Bertz CT molecular complexity index is 530. The lowest BCUT2D eigenvalue weighted by atomic mass is 9.86. The first kappa shape index (κ1) is 21.1. The molecule has 2 aliphatic heterocycles. The van der Waals surface area contributed by atoms with Gasteiger partial charge >= 0.3 is 0 Å². The summed E-state index contributed by atoms with van der Waals surface area (Å²) in [6.45, 7) is 5.00. The van der Waals surface area contributed by atoms with Crippen LogP contribution >= 0.6 is 24.0 Å². The van der Waals surface area contributed by atoms with E-state index in [1.165, 1.54) is 32.1 Å². The zero-order valence-corrected chi connectivity index (χ0v) is 18.9. The Hall–Kier alpha value is -0.570. The van der Waals surface area contributed by atoms with Crippen LogP contribution < -0.4 is 5.32 Å². The van der Waals surface area contributed by atoms with Crippen molar-refractivity contribution >= 4 is 35.8 Å². The Morgan fingerprint density at radius 1 is 1.11 bits per heavy atom. The third-order valence-corrected chi connectivity index (χ3v) is 6.99. The Balaban J connectivity index is 0.00000210. The molecule has 27 heavy (non-hydrogen) atoms. The van der Waals surface area contributed by atoms with Crippen molar-refractivity contribution in [3.05, 3.63) is 0 Å². The number of ether oxygens (including phenoxy) is 1. The van der Waals surface area contributed by atoms with Gasteiger partial charge in [0.05, 0.1) is 0 Å². The number of guanidine groups is 1. The molecule has 2 saturated carbocycles. The van der Waals surface area contributed by atoms with Gasteiger partial charge in [0.2, 0.25) is 0 Å². The fourth-order valence-corrected chi connectivity index (χ4v) is 5.55. The van der Waals surface area contributed by atoms with Crippen LogP contribution in [0.3, 0.4) is 0 Å². The molecule has 4 rings (SSSR count). The van der Waals surface area contributed by atoms with Crippen molar-refractivity contribution in [1.82, 2.24) is 15.1 Å². The molecule has 154 valence electrons. The number of piperazine rings is 1. The first-order valence-corrected chi connectivity index (χ1v) is 10.6. The highest BCUT2D eigenvalue weighted by Gasteiger charge is 2.39. The summed E-state index contributed by atoms with van der Waals surface area (Å²) in [5, 5.41) is 3.57. The monoisotopic (exact) mass is 490 g/mol. The number of nitrogens with one attached hydrogen (secondary N) is 1. The van der Waals surface area contributed by atoms with Gasteiger partial charge in [0.1, 0.15) is 6.10 Å². The van der Waals surface area contributed by atoms with Gasteiger partial charge in [-0.25, -0.2) is 0 Å². The highest BCUT2D eigenvalue weighted by molar-refractivity contribution is 14.0. The molecule has 4 fully saturated rings. The molecule has 2 bridgehead atoms. The van der Waals surface area contributed by atoms with Crippen LogP contribution in [-0.2, 0) is 9.53 Å². The lowest BCUT2D eigenvalue weighted by Crippen LogP contribution is -2.55. The normalized spacial score (nSPS) is 33.3. The Morgan fingerprint density at radius 3 is 2.48 bits per heavy atom. The predicted octanol–water partition coefficient (Wildman–Crippen LogP) is 2.33. The Kier molecular flexibility index (Phi) is 7.65. The summed E-state index contributed by atoms with van der Waals surface area (Å²) in [5.41, 5.74) is 0. The zero-order chi connectivity index (χ0) is 17.9. The molecular formula is C20H35IN4O2. The molecule has 0 aromatic heterocycles. The van der Waals surface area contributed by atoms with Gasteiger partial charge in [0.15, 0.2) is 5.96 Å². The van der Waals surface area contributed by atoms with Crippen molar-refractivity contribution in [2.24, 2.45) is 22.7 Å². The summed E-state index contributed by atoms with van der Waals surface area (Å²) in [7, 11) is 1.86. The van der Waals surface area contributed by atoms with E-state index in [9.17, 15) is 4.79 Å². The Morgan fingerprint density at radius 2 is 1.89 bits per heavy atom. The van der Waals surface area contributed by atoms with Crippen molar-refractivity contribution in [2.45, 2.75) is 51.0 Å². The molecule has 7 heteroatoms. The second-order valence-corrected chi connectivity index (χ2v) is 8.51. The molecule has 1 N–H and O–H groups in total. The molecule has 2 aliphatic carbocycles. The second kappa shape index (κ2) is 9.76. The van der Waals surface area contributed by atoms with Gasteiger partial charge < -0.3 is 19.9 Å². The minimum atomic E-state index is -0.194. The van der Waals surface area contributed by atoms with E-state index in [-0.39, 0.29) is 36.0 Å². The van der Waals surface area contributed by atoms with E-state index < -0.39 is 0 Å². The van der Waals surface area contributed by atoms with Crippen molar-refractivity contribution in [1.29, 1.82) is 0 Å². The molecular weight excluding hydrogens is 455 g/mol. The molecule has 4 unspecified atom stereocenters. The highest BCUT2D eigenvalue weighted by Crippen LogP contribution is 2.49. The summed E-state index contributed by atoms with van der Waals surface area (Å²) < 4.78 is 5.55. The van der Waals surface area contributed by atoms with Crippen LogP contribution in [0.25, 0.3) is 0 Å². The molecule has 2 saturated heterocycles. The fourth-order valence-electron chi connectivity index (χ4n) is 5.55. The molecule has 2 heterocycles. The molecule has 1 amide bonds. The van der Waals surface area contributed by atoms with Crippen LogP contribution in [0, 0.1) is 17.8 Å². The number of carbonyl (C=O) groups is 1. The van der Waals surface area contributed by atoms with Gasteiger partial charge in [-0.2, -0.15) is 0 Å². The van der Waals surface area contributed by atoms with Crippen LogP contribution in [0.2, 0.25) is 0 Å². The van der Waals surface area contributed by atoms with Gasteiger partial charge in [-0.05, 0) is 56.3 Å². The van der Waals surface area contributed by atoms with Crippen LogP contribution in [0.1, 0.15) is 44.9 Å². The van der Waals surface area contributed by atoms with Crippen LogP contribution in [0.15, 0.2) is 4.99 Å². The maximum atomic E-state index is 12.5. The molecule has 0 aromatic carbocycles. The summed E-state index contributed by atoms with van der Waals surface area (Å²) in [6, 6.07) is 0. The largest absolute Gasteiger partial charge is 0.368 e. The number of rotatable bonds is 4. The first-order chi connectivity index (χ1) is 12.7. The number of aliphatic imine (C=N–C) groups is 1. The van der Waals surface area contributed by atoms with Gasteiger partial charge in [0, 0.05) is 46.4 Å². The number of nitrogens with zero attached hydrogens (tertiary/aromatic N) is 3. The fraction of sp³-hybridized carbons (Fsp3) is 0.900. The second-order valence-electron chi connectivity index (χ2n) is 8.51. The third-order valence-electron chi connectivity index (χ3n) is 6.99. The Labute approximate surface area is 180 Å². The number of hydrogen-bond acceptors (Lipinski definition) is 3. The highest BCUT2D eigenvalue weighted by atomic mass is 127. The number of fused-ring (bicyclic) bond motifs is 2. The molecule has 0 spiro atoms. The van der Waals surface area contributed by atoms with E-state index in [0.29, 0.717) is 0 Å². The molecule has 0 aromatic rings. The third kappa shape index (κ3) is 4.89. The van der Waals surface area contributed by atoms with E-state index >= 15 is 0 Å². The number of hydrogen-bond donors (Lipinski definition) is 1. The minimum Gasteiger partial charge on any atom is -0.368 e. The van der Waals surface area contributed by atoms with E-state index in [1.807, 2.05) is 11.9 Å². The standard InChI is InChI=1S/C20H34N4O2.HI/c1-21-20(22-7-6-17-14-15-4-5-16(17)13-15)24-10-8-23(9-11-24)19(25)18-3-2-12-26-18;/h15-18H,2-14H2,1H3,(H,21,22);1H. The number of carbonyl (C=O) groups excluding carboxylic acids is 1. The lowest BCUT2D eigenvalue weighted by Gasteiger charge is -2.37. The SMILES string of the molecule is CN=C(NCCC1CC2CCC1C2)N1CCN(C(=O)C2CCCO2)CC1.I. The average molecular weight is 490 g/mol. The maximum absolute atomic E-state index is 12.5. The molecule has 4 aliphatic rings. The predicted molar refractivity (Wildman–Crippen MR) is 117 cm³/mol. The molecule has 4 atom stereocenters. The summed E-state index contributed by atoms with van der Waals surface area (Å²) >= 11 is 0. The summed E-state index contributed by atoms with van der Waals surface area (Å²) in [5.74, 6) is 4.13. The van der Waals surface area contributed by atoms with Crippen molar-refractivity contribution in [3.8, 4) is 0 Å². The van der Waals surface area contributed by atoms with Crippen molar-refractivity contribution in [3.63, 3.8) is 0 Å². The zero-order valence-electron chi connectivity index (χ0n) is 16.6. The van der Waals surface area contributed by atoms with E-state index in [2.05, 4.69) is 15.2 Å². The van der Waals surface area contributed by atoms with Gasteiger partial charge in [-0.3, -0.25) is 9.79 Å². The first-order valence-electron chi connectivity index (χ1n) is 10.6.